The van der Waals surface area contributed by atoms with Crippen molar-refractivity contribution in [3.05, 3.63) is 174 Å². The summed E-state index contributed by atoms with van der Waals surface area (Å²) in [6.45, 7) is 0. The quantitative estimate of drug-likeness (QED) is 0.177. The van der Waals surface area contributed by atoms with Crippen molar-refractivity contribution < 1.29 is 13.7 Å². The molecule has 0 saturated carbocycles. The fourth-order valence-corrected chi connectivity index (χ4v) is 6.20. The van der Waals surface area contributed by atoms with Gasteiger partial charge in [0, 0.05) is 20.8 Å². The van der Waals surface area contributed by atoms with E-state index in [2.05, 4.69) is 70.5 Å². The smallest absolute Gasteiger partial charge is 0.0629 e. The number of hydrogen-bond acceptors (Lipinski definition) is 0. The Balaban J connectivity index is 1.41. The molecule has 0 saturated heterocycles. The SMILES string of the molecule is [2H]c1c([2H])c([2H])c(-c2ccc(-n3c4ccccc4c4ccc(-c5ccc(-c6cccc(Br)c6)cc5)cc43)c(-c3c([2H])c([2H])c([2H])c([2H])c3[2H])c2)c([2H])c1[2H]. The molecule has 1 aromatic heterocycles. The normalized spacial score (nSPS) is 14.5. The number of hydrogen-bond donors (Lipinski definition) is 0. The van der Waals surface area contributed by atoms with Crippen LogP contribution in [0.5, 0.6) is 0 Å². The molecule has 0 spiro atoms. The van der Waals surface area contributed by atoms with Crippen molar-refractivity contribution in [3.8, 4) is 50.2 Å². The summed E-state index contributed by atoms with van der Waals surface area (Å²) in [5, 5.41) is 1.87. The van der Waals surface area contributed by atoms with Gasteiger partial charge in [-0.2, -0.15) is 0 Å². The molecule has 208 valence electrons. The lowest BCUT2D eigenvalue weighted by atomic mass is 9.97. The zero-order valence-electron chi connectivity index (χ0n) is 33.2. The predicted octanol–water partition coefficient (Wildman–Crippen LogP) is 12.2. The summed E-state index contributed by atoms with van der Waals surface area (Å²) in [5.74, 6) is 0. The van der Waals surface area contributed by atoms with Crippen molar-refractivity contribution in [2.24, 2.45) is 0 Å². The summed E-state index contributed by atoms with van der Waals surface area (Å²) in [6.07, 6.45) is 0. The fraction of sp³-hybridized carbons (Fsp3) is 0. The highest BCUT2D eigenvalue weighted by molar-refractivity contribution is 9.10. The third kappa shape index (κ3) is 4.74. The van der Waals surface area contributed by atoms with Gasteiger partial charge in [-0.05, 0) is 75.3 Å². The molecule has 1 nitrogen and oxygen atoms in total. The van der Waals surface area contributed by atoms with E-state index in [9.17, 15) is 0 Å². The second kappa shape index (κ2) is 11.1. The summed E-state index contributed by atoms with van der Waals surface area (Å²) < 4.78 is 88.3. The first kappa shape index (κ1) is 17.8. The predicted molar refractivity (Wildman–Crippen MR) is 190 cm³/mol. The van der Waals surface area contributed by atoms with E-state index in [1.165, 1.54) is 0 Å². The maximum atomic E-state index is 8.97. The summed E-state index contributed by atoms with van der Waals surface area (Å²) >= 11 is 3.55. The van der Waals surface area contributed by atoms with Gasteiger partial charge in [0.1, 0.15) is 0 Å². The molecule has 44 heavy (non-hydrogen) atoms. The van der Waals surface area contributed by atoms with E-state index < -0.39 is 60.4 Å². The Bertz CT molecular complexity index is 2790. The standard InChI is InChI=1S/C42H28BrN/c43-36-15-9-14-33(26-36)30-18-20-31(21-19-30)35-22-24-38-37-16-7-8-17-40(37)44(42(38)28-35)41-25-23-34(29-10-3-1-4-11-29)27-39(41)32-12-5-2-6-13-32/h1-28H/i1D,2D,3D,4D,5D,6D,10D,11D,12D,13D. The summed E-state index contributed by atoms with van der Waals surface area (Å²) in [7, 11) is 0. The van der Waals surface area contributed by atoms with Crippen LogP contribution in [0.4, 0.5) is 0 Å². The molecule has 0 aliphatic carbocycles. The molecule has 0 amide bonds. The molecule has 0 aliphatic rings. The van der Waals surface area contributed by atoms with E-state index in [0.717, 1.165) is 48.5 Å². The van der Waals surface area contributed by atoms with E-state index in [1.807, 2.05) is 41.0 Å². The van der Waals surface area contributed by atoms with Crippen LogP contribution in [0.25, 0.3) is 72.0 Å². The molecule has 8 rings (SSSR count). The average molecular weight is 637 g/mol. The maximum absolute atomic E-state index is 8.97. The first-order chi connectivity index (χ1) is 25.9. The van der Waals surface area contributed by atoms with Gasteiger partial charge in [-0.1, -0.05) is 149 Å². The lowest BCUT2D eigenvalue weighted by molar-refractivity contribution is 1.18. The van der Waals surface area contributed by atoms with Crippen LogP contribution in [-0.2, 0) is 0 Å². The molecule has 0 aliphatic heterocycles. The van der Waals surface area contributed by atoms with Crippen molar-refractivity contribution in [3.63, 3.8) is 0 Å². The molecular weight excluding hydrogens is 598 g/mol. The Labute approximate surface area is 279 Å². The molecule has 0 N–H and O–H groups in total. The van der Waals surface area contributed by atoms with Gasteiger partial charge in [0.25, 0.3) is 0 Å². The van der Waals surface area contributed by atoms with Gasteiger partial charge in [0.2, 0.25) is 0 Å². The number of para-hydroxylation sites is 1. The zero-order chi connectivity index (χ0) is 38.2. The van der Waals surface area contributed by atoms with Crippen LogP contribution in [0.1, 0.15) is 13.7 Å². The molecule has 8 aromatic rings. The molecule has 0 unspecified atom stereocenters. The Morgan fingerprint density at radius 2 is 1.02 bits per heavy atom. The number of aromatic nitrogens is 1. The first-order valence-corrected chi connectivity index (χ1v) is 14.8. The summed E-state index contributed by atoms with van der Waals surface area (Å²) in [4.78, 5) is 0. The molecule has 0 fully saturated rings. The van der Waals surface area contributed by atoms with Crippen molar-refractivity contribution in [2.75, 3.05) is 0 Å². The molecular formula is C42H28BrN. The number of halogens is 1. The van der Waals surface area contributed by atoms with Gasteiger partial charge in [-0.3, -0.25) is 0 Å². The van der Waals surface area contributed by atoms with Crippen molar-refractivity contribution in [2.45, 2.75) is 0 Å². The van der Waals surface area contributed by atoms with Gasteiger partial charge in [-0.25, -0.2) is 0 Å². The van der Waals surface area contributed by atoms with E-state index in [4.69, 9.17) is 13.7 Å². The molecule has 0 atom stereocenters. The fourth-order valence-electron chi connectivity index (χ4n) is 5.80. The third-order valence-electron chi connectivity index (χ3n) is 7.85. The summed E-state index contributed by atoms with van der Waals surface area (Å²) in [5.41, 5.74) is 6.50. The van der Waals surface area contributed by atoms with Crippen molar-refractivity contribution in [1.82, 2.24) is 4.57 Å². The monoisotopic (exact) mass is 635 g/mol. The van der Waals surface area contributed by atoms with E-state index in [1.54, 1.807) is 18.2 Å². The number of benzene rings is 7. The van der Waals surface area contributed by atoms with Gasteiger partial charge in [0.15, 0.2) is 0 Å². The second-order valence-corrected chi connectivity index (χ2v) is 11.3. The maximum Gasteiger partial charge on any atom is 0.0629 e. The highest BCUT2D eigenvalue weighted by Crippen LogP contribution is 2.39. The van der Waals surface area contributed by atoms with Crippen molar-refractivity contribution in [1.29, 1.82) is 0 Å². The number of fused-ring (bicyclic) bond motifs is 3. The highest BCUT2D eigenvalue weighted by atomic mass is 79.9. The van der Waals surface area contributed by atoms with Crippen LogP contribution in [0.15, 0.2) is 174 Å². The second-order valence-electron chi connectivity index (χ2n) is 10.4. The number of rotatable bonds is 5. The average Bonchev–Trinajstić information content (AvgIpc) is 3.51. The Hall–Kier alpha value is -5.18. The minimum Gasteiger partial charge on any atom is -0.309 e. The van der Waals surface area contributed by atoms with E-state index in [-0.39, 0.29) is 22.3 Å². The lowest BCUT2D eigenvalue weighted by Crippen LogP contribution is -1.98. The van der Waals surface area contributed by atoms with Gasteiger partial charge < -0.3 is 4.57 Å². The van der Waals surface area contributed by atoms with Crippen LogP contribution in [0, 0.1) is 0 Å². The minimum atomic E-state index is -0.538. The first-order valence-electron chi connectivity index (χ1n) is 19.1. The van der Waals surface area contributed by atoms with E-state index >= 15 is 0 Å². The van der Waals surface area contributed by atoms with Crippen LogP contribution < -0.4 is 0 Å². The minimum absolute atomic E-state index is 0.0583. The summed E-state index contributed by atoms with van der Waals surface area (Å²) in [6, 6.07) is 30.5. The molecule has 0 radical (unpaired) electrons. The lowest BCUT2D eigenvalue weighted by Gasteiger charge is -2.16. The van der Waals surface area contributed by atoms with Crippen LogP contribution in [0.2, 0.25) is 0 Å². The topological polar surface area (TPSA) is 4.93 Å². The molecule has 2 heteroatoms. The Morgan fingerprint density at radius 1 is 0.432 bits per heavy atom. The van der Waals surface area contributed by atoms with Crippen LogP contribution in [-0.4, -0.2) is 4.57 Å². The van der Waals surface area contributed by atoms with Crippen LogP contribution >= 0.6 is 15.9 Å². The third-order valence-corrected chi connectivity index (χ3v) is 8.34. The van der Waals surface area contributed by atoms with Gasteiger partial charge in [-0.15, -0.1) is 0 Å². The zero-order valence-corrected chi connectivity index (χ0v) is 24.8. The molecule has 7 aromatic carbocycles. The molecule has 1 heterocycles. The van der Waals surface area contributed by atoms with Gasteiger partial charge >= 0.3 is 0 Å². The van der Waals surface area contributed by atoms with Crippen LogP contribution in [0.3, 0.4) is 0 Å². The highest BCUT2D eigenvalue weighted by Gasteiger charge is 2.17. The largest absolute Gasteiger partial charge is 0.309 e. The molecule has 0 bridgehead atoms. The Morgan fingerprint density at radius 3 is 1.75 bits per heavy atom. The van der Waals surface area contributed by atoms with Crippen molar-refractivity contribution >= 4 is 37.7 Å². The van der Waals surface area contributed by atoms with Gasteiger partial charge in [0.05, 0.1) is 30.4 Å². The Kier molecular flexibility index (Phi) is 4.51. The number of nitrogens with zero attached hydrogens (tertiary/aromatic N) is 1. The van der Waals surface area contributed by atoms with E-state index in [0.29, 0.717) is 5.69 Å².